The van der Waals surface area contributed by atoms with Gasteiger partial charge in [-0.1, -0.05) is 11.6 Å². The highest BCUT2D eigenvalue weighted by Gasteiger charge is 2.21. The van der Waals surface area contributed by atoms with Crippen LogP contribution >= 0.6 is 11.6 Å². The van der Waals surface area contributed by atoms with Gasteiger partial charge < -0.3 is 10.6 Å². The Kier molecular flexibility index (Phi) is 5.14. The van der Waals surface area contributed by atoms with Gasteiger partial charge in [-0.15, -0.1) is 0 Å². The number of hydrogen-bond donors (Lipinski definition) is 2. The Hall–Kier alpha value is -0.820. The quantitative estimate of drug-likeness (QED) is 0.826. The number of hydrogen-bond acceptors (Lipinski definition) is 4. The number of halogens is 1. The van der Waals surface area contributed by atoms with Crippen LogP contribution in [0, 0.1) is 12.8 Å². The first-order valence-electron chi connectivity index (χ1n) is 7.03. The normalized spacial score (nSPS) is 20.6. The van der Waals surface area contributed by atoms with E-state index in [0.717, 1.165) is 25.9 Å². The summed E-state index contributed by atoms with van der Waals surface area (Å²) in [6.45, 7) is 4.20. The zero-order chi connectivity index (χ0) is 15.6. The SMILES string of the molecule is Cc1c(N)cc(S(=O)(=O)NCC2CCCN(C)C2)cc1Cl. The van der Waals surface area contributed by atoms with Gasteiger partial charge >= 0.3 is 0 Å². The molecular formula is C14H22ClN3O2S. The summed E-state index contributed by atoms with van der Waals surface area (Å²) < 4.78 is 27.3. The van der Waals surface area contributed by atoms with Crippen molar-refractivity contribution in [3.8, 4) is 0 Å². The number of nitrogen functional groups attached to an aromatic ring is 1. The molecule has 2 rings (SSSR count). The summed E-state index contributed by atoms with van der Waals surface area (Å²) in [4.78, 5) is 2.35. The molecule has 1 aromatic rings. The van der Waals surface area contributed by atoms with Gasteiger partial charge in [0.05, 0.1) is 4.90 Å². The number of nitrogens with two attached hydrogens (primary N) is 1. The summed E-state index contributed by atoms with van der Waals surface area (Å²) in [5.41, 5.74) is 6.88. The van der Waals surface area contributed by atoms with E-state index in [9.17, 15) is 8.42 Å². The molecule has 0 saturated carbocycles. The van der Waals surface area contributed by atoms with Gasteiger partial charge in [0.1, 0.15) is 0 Å². The zero-order valence-electron chi connectivity index (χ0n) is 12.4. The van der Waals surface area contributed by atoms with E-state index in [0.29, 0.717) is 28.7 Å². The summed E-state index contributed by atoms with van der Waals surface area (Å²) >= 11 is 6.01. The molecule has 1 atom stereocenters. The molecule has 0 spiro atoms. The number of nitrogens with zero attached hydrogens (tertiary/aromatic N) is 1. The monoisotopic (exact) mass is 331 g/mol. The Morgan fingerprint density at radius 3 is 2.81 bits per heavy atom. The van der Waals surface area contributed by atoms with Gasteiger partial charge in [0.2, 0.25) is 10.0 Å². The van der Waals surface area contributed by atoms with Crippen LogP contribution < -0.4 is 10.5 Å². The van der Waals surface area contributed by atoms with E-state index in [1.807, 2.05) is 0 Å². The lowest BCUT2D eigenvalue weighted by molar-refractivity contribution is 0.211. The van der Waals surface area contributed by atoms with Crippen LogP contribution in [0.5, 0.6) is 0 Å². The van der Waals surface area contributed by atoms with Gasteiger partial charge in [-0.2, -0.15) is 0 Å². The summed E-state index contributed by atoms with van der Waals surface area (Å²) in [6.07, 6.45) is 2.15. The lowest BCUT2D eigenvalue weighted by Gasteiger charge is -2.29. The van der Waals surface area contributed by atoms with Crippen LogP contribution in [0.3, 0.4) is 0 Å². The Bertz CT molecular complexity index is 596. The Morgan fingerprint density at radius 1 is 1.48 bits per heavy atom. The molecule has 0 aliphatic carbocycles. The van der Waals surface area contributed by atoms with Gasteiger partial charge in [-0.05, 0) is 57.0 Å². The van der Waals surface area contributed by atoms with E-state index in [-0.39, 0.29) is 4.90 Å². The largest absolute Gasteiger partial charge is 0.398 e. The van der Waals surface area contributed by atoms with Crippen molar-refractivity contribution in [1.29, 1.82) is 0 Å². The topological polar surface area (TPSA) is 75.4 Å². The third-order valence-electron chi connectivity index (χ3n) is 3.95. The van der Waals surface area contributed by atoms with E-state index >= 15 is 0 Å². The number of piperidine rings is 1. The lowest BCUT2D eigenvalue weighted by atomic mass is 9.99. The molecule has 3 N–H and O–H groups in total. The van der Waals surface area contributed by atoms with Gasteiger partial charge in [0.25, 0.3) is 0 Å². The molecule has 118 valence electrons. The average molecular weight is 332 g/mol. The minimum Gasteiger partial charge on any atom is -0.398 e. The fourth-order valence-electron chi connectivity index (χ4n) is 2.58. The molecule has 0 amide bonds. The molecule has 1 aliphatic rings. The van der Waals surface area contributed by atoms with Crippen LogP contribution in [0.25, 0.3) is 0 Å². The number of rotatable bonds is 4. The Balaban J connectivity index is 2.08. The van der Waals surface area contributed by atoms with E-state index < -0.39 is 10.0 Å². The summed E-state index contributed by atoms with van der Waals surface area (Å²) in [6, 6.07) is 2.90. The second kappa shape index (κ2) is 6.52. The number of anilines is 1. The van der Waals surface area contributed by atoms with Crippen LogP contribution in [0.1, 0.15) is 18.4 Å². The van der Waals surface area contributed by atoms with E-state index in [1.165, 1.54) is 12.1 Å². The second-order valence-corrected chi connectivity index (χ2v) is 7.92. The van der Waals surface area contributed by atoms with Gasteiger partial charge in [-0.25, -0.2) is 13.1 Å². The van der Waals surface area contributed by atoms with E-state index in [2.05, 4.69) is 16.7 Å². The molecule has 1 aromatic carbocycles. The lowest BCUT2D eigenvalue weighted by Crippen LogP contribution is -2.39. The maximum atomic E-state index is 12.3. The number of sulfonamides is 1. The average Bonchev–Trinajstić information content (AvgIpc) is 2.42. The molecule has 0 radical (unpaired) electrons. The number of likely N-dealkylation sites (tertiary alicyclic amines) is 1. The van der Waals surface area contributed by atoms with Crippen molar-refractivity contribution in [3.63, 3.8) is 0 Å². The van der Waals surface area contributed by atoms with Crippen LogP contribution in [0.15, 0.2) is 17.0 Å². The van der Waals surface area contributed by atoms with Crippen LogP contribution in [-0.4, -0.2) is 40.0 Å². The standard InChI is InChI=1S/C14H22ClN3O2S/c1-10-13(15)6-12(7-14(10)16)21(19,20)17-8-11-4-3-5-18(2)9-11/h6-7,11,17H,3-5,8-9,16H2,1-2H3. The Labute approximate surface area is 131 Å². The molecule has 5 nitrogen and oxygen atoms in total. The summed E-state index contributed by atoms with van der Waals surface area (Å²) in [7, 11) is -1.52. The van der Waals surface area contributed by atoms with Crippen LogP contribution in [0.4, 0.5) is 5.69 Å². The van der Waals surface area contributed by atoms with Crippen molar-refractivity contribution in [2.45, 2.75) is 24.7 Å². The molecular weight excluding hydrogens is 310 g/mol. The first-order chi connectivity index (χ1) is 9.79. The van der Waals surface area contributed by atoms with Gasteiger partial charge in [0, 0.05) is 23.8 Å². The molecule has 7 heteroatoms. The van der Waals surface area contributed by atoms with Crippen molar-refractivity contribution in [3.05, 3.63) is 22.7 Å². The highest BCUT2D eigenvalue weighted by molar-refractivity contribution is 7.89. The predicted molar refractivity (Wildman–Crippen MR) is 86.0 cm³/mol. The summed E-state index contributed by atoms with van der Waals surface area (Å²) in [5, 5.41) is 0.368. The molecule has 21 heavy (non-hydrogen) atoms. The molecule has 1 fully saturated rings. The second-order valence-electron chi connectivity index (χ2n) is 5.74. The fraction of sp³-hybridized carbons (Fsp3) is 0.571. The molecule has 0 aromatic heterocycles. The smallest absolute Gasteiger partial charge is 0.240 e. The maximum absolute atomic E-state index is 12.3. The minimum absolute atomic E-state index is 0.125. The first kappa shape index (κ1) is 16.5. The zero-order valence-corrected chi connectivity index (χ0v) is 14.0. The molecule has 1 aliphatic heterocycles. The Morgan fingerprint density at radius 2 is 2.19 bits per heavy atom. The predicted octanol–water partition coefficient (Wildman–Crippen LogP) is 1.85. The molecule has 1 unspecified atom stereocenters. The highest BCUT2D eigenvalue weighted by atomic mass is 35.5. The highest BCUT2D eigenvalue weighted by Crippen LogP contribution is 2.26. The minimum atomic E-state index is -3.57. The number of benzene rings is 1. The molecule has 1 heterocycles. The third-order valence-corrected chi connectivity index (χ3v) is 5.75. The van der Waals surface area contributed by atoms with Gasteiger partial charge in [0.15, 0.2) is 0 Å². The van der Waals surface area contributed by atoms with Crippen molar-refractivity contribution in [2.75, 3.05) is 32.4 Å². The van der Waals surface area contributed by atoms with E-state index in [1.54, 1.807) is 6.92 Å². The van der Waals surface area contributed by atoms with Crippen molar-refractivity contribution in [1.82, 2.24) is 9.62 Å². The third kappa shape index (κ3) is 4.10. The van der Waals surface area contributed by atoms with Crippen molar-refractivity contribution in [2.24, 2.45) is 5.92 Å². The maximum Gasteiger partial charge on any atom is 0.240 e. The molecule has 1 saturated heterocycles. The molecule has 0 bridgehead atoms. The first-order valence-corrected chi connectivity index (χ1v) is 8.89. The van der Waals surface area contributed by atoms with Crippen LogP contribution in [-0.2, 0) is 10.0 Å². The summed E-state index contributed by atoms with van der Waals surface area (Å²) in [5.74, 6) is 0.344. The fourth-order valence-corrected chi connectivity index (χ4v) is 4.05. The van der Waals surface area contributed by atoms with Crippen molar-refractivity contribution < 1.29 is 8.42 Å². The van der Waals surface area contributed by atoms with Crippen LogP contribution in [0.2, 0.25) is 5.02 Å². The van der Waals surface area contributed by atoms with Crippen molar-refractivity contribution >= 4 is 27.3 Å². The van der Waals surface area contributed by atoms with Gasteiger partial charge in [-0.3, -0.25) is 0 Å². The van der Waals surface area contributed by atoms with E-state index in [4.69, 9.17) is 17.3 Å². The number of nitrogens with one attached hydrogen (secondary N) is 1.